The lowest BCUT2D eigenvalue weighted by atomic mass is 9.92. The summed E-state index contributed by atoms with van der Waals surface area (Å²) < 4.78 is 0. The quantitative estimate of drug-likeness (QED) is 0.675. The van der Waals surface area contributed by atoms with E-state index in [1.807, 2.05) is 0 Å². The Hall–Kier alpha value is -0.730. The second-order valence-electron chi connectivity index (χ2n) is 4.44. The van der Waals surface area contributed by atoms with Crippen LogP contribution in [-0.2, 0) is 0 Å². The highest BCUT2D eigenvalue weighted by atomic mass is 16.2. The summed E-state index contributed by atoms with van der Waals surface area (Å²) >= 11 is 0. The van der Waals surface area contributed by atoms with Gasteiger partial charge in [-0.25, -0.2) is 4.79 Å². The van der Waals surface area contributed by atoms with Gasteiger partial charge in [0.15, 0.2) is 0 Å². The monoisotopic (exact) mass is 172 g/mol. The molecule has 0 aliphatic heterocycles. The third-order valence-electron chi connectivity index (χ3n) is 1.56. The molecule has 3 heteroatoms. The molecular formula is C9H20N2O. The van der Waals surface area contributed by atoms with E-state index in [0.29, 0.717) is 5.41 Å². The van der Waals surface area contributed by atoms with Crippen molar-refractivity contribution in [3.8, 4) is 0 Å². The molecule has 0 bridgehead atoms. The SMILES string of the molecule is CN(C)C(=O)NCCC(C)(C)C. The van der Waals surface area contributed by atoms with Crippen molar-refractivity contribution in [3.63, 3.8) is 0 Å². The van der Waals surface area contributed by atoms with Crippen LogP contribution in [0, 0.1) is 5.41 Å². The van der Waals surface area contributed by atoms with Crippen LogP contribution >= 0.6 is 0 Å². The maximum Gasteiger partial charge on any atom is 0.316 e. The topological polar surface area (TPSA) is 32.3 Å². The predicted molar refractivity (Wildman–Crippen MR) is 51.2 cm³/mol. The molecule has 0 aromatic rings. The second-order valence-corrected chi connectivity index (χ2v) is 4.44. The molecule has 0 atom stereocenters. The van der Waals surface area contributed by atoms with Crippen LogP contribution in [0.2, 0.25) is 0 Å². The maximum atomic E-state index is 11.0. The molecule has 0 aromatic heterocycles. The summed E-state index contributed by atoms with van der Waals surface area (Å²) in [5, 5.41) is 2.83. The van der Waals surface area contributed by atoms with Crippen molar-refractivity contribution < 1.29 is 4.79 Å². The van der Waals surface area contributed by atoms with E-state index in [0.717, 1.165) is 13.0 Å². The molecule has 0 rings (SSSR count). The van der Waals surface area contributed by atoms with Gasteiger partial charge in [0.2, 0.25) is 0 Å². The van der Waals surface area contributed by atoms with Crippen molar-refractivity contribution in [2.45, 2.75) is 27.2 Å². The summed E-state index contributed by atoms with van der Waals surface area (Å²) in [7, 11) is 3.48. The minimum absolute atomic E-state index is 0.0146. The third kappa shape index (κ3) is 6.01. The van der Waals surface area contributed by atoms with Gasteiger partial charge in [0.1, 0.15) is 0 Å². The Morgan fingerprint density at radius 2 is 1.83 bits per heavy atom. The van der Waals surface area contributed by atoms with Crippen molar-refractivity contribution in [1.82, 2.24) is 10.2 Å². The Kier molecular flexibility index (Phi) is 4.07. The van der Waals surface area contributed by atoms with Gasteiger partial charge in [0, 0.05) is 20.6 Å². The summed E-state index contributed by atoms with van der Waals surface area (Å²) in [6, 6.07) is -0.0146. The molecule has 72 valence electrons. The number of urea groups is 1. The van der Waals surface area contributed by atoms with Crippen molar-refractivity contribution >= 4 is 6.03 Å². The van der Waals surface area contributed by atoms with Crippen LogP contribution in [0.1, 0.15) is 27.2 Å². The van der Waals surface area contributed by atoms with Gasteiger partial charge in [-0.3, -0.25) is 0 Å². The van der Waals surface area contributed by atoms with Crippen molar-refractivity contribution in [3.05, 3.63) is 0 Å². The molecule has 0 saturated heterocycles. The van der Waals surface area contributed by atoms with E-state index in [1.54, 1.807) is 19.0 Å². The summed E-state index contributed by atoms with van der Waals surface area (Å²) in [5.41, 5.74) is 0.291. The Morgan fingerprint density at radius 3 is 2.17 bits per heavy atom. The Morgan fingerprint density at radius 1 is 1.33 bits per heavy atom. The molecule has 0 fully saturated rings. The smallest absolute Gasteiger partial charge is 0.316 e. The number of hydrogen-bond donors (Lipinski definition) is 1. The van der Waals surface area contributed by atoms with Crippen LogP contribution in [0.25, 0.3) is 0 Å². The fraction of sp³-hybridized carbons (Fsp3) is 0.889. The van der Waals surface area contributed by atoms with Crippen LogP contribution in [0.5, 0.6) is 0 Å². The zero-order valence-electron chi connectivity index (χ0n) is 8.77. The van der Waals surface area contributed by atoms with Crippen molar-refractivity contribution in [1.29, 1.82) is 0 Å². The number of hydrogen-bond acceptors (Lipinski definition) is 1. The van der Waals surface area contributed by atoms with E-state index in [2.05, 4.69) is 26.1 Å². The van der Waals surface area contributed by atoms with Gasteiger partial charge in [0.25, 0.3) is 0 Å². The average Bonchev–Trinajstić information content (AvgIpc) is 1.84. The van der Waals surface area contributed by atoms with E-state index in [9.17, 15) is 4.79 Å². The van der Waals surface area contributed by atoms with E-state index < -0.39 is 0 Å². The number of amides is 2. The molecular weight excluding hydrogens is 152 g/mol. The lowest BCUT2D eigenvalue weighted by molar-refractivity contribution is 0.215. The highest BCUT2D eigenvalue weighted by Gasteiger charge is 2.10. The van der Waals surface area contributed by atoms with Gasteiger partial charge in [-0.15, -0.1) is 0 Å². The van der Waals surface area contributed by atoms with Crippen molar-refractivity contribution in [2.75, 3.05) is 20.6 Å². The van der Waals surface area contributed by atoms with E-state index in [-0.39, 0.29) is 6.03 Å². The van der Waals surface area contributed by atoms with Crippen LogP contribution in [0.4, 0.5) is 4.79 Å². The minimum atomic E-state index is -0.0146. The molecule has 1 N–H and O–H groups in total. The highest BCUT2D eigenvalue weighted by molar-refractivity contribution is 5.73. The maximum absolute atomic E-state index is 11.0. The van der Waals surface area contributed by atoms with Gasteiger partial charge in [-0.2, -0.15) is 0 Å². The number of nitrogens with zero attached hydrogens (tertiary/aromatic N) is 1. The lowest BCUT2D eigenvalue weighted by Crippen LogP contribution is -2.36. The molecule has 0 unspecified atom stereocenters. The number of nitrogens with one attached hydrogen (secondary N) is 1. The predicted octanol–water partition coefficient (Wildman–Crippen LogP) is 1.69. The molecule has 0 aromatic carbocycles. The van der Waals surface area contributed by atoms with Gasteiger partial charge in [-0.1, -0.05) is 20.8 Å². The Labute approximate surface area is 75.1 Å². The Balaban J connectivity index is 3.51. The fourth-order valence-electron chi connectivity index (χ4n) is 0.703. The first-order valence-electron chi connectivity index (χ1n) is 4.28. The zero-order valence-corrected chi connectivity index (χ0v) is 8.77. The van der Waals surface area contributed by atoms with Crippen LogP contribution in [-0.4, -0.2) is 31.6 Å². The van der Waals surface area contributed by atoms with Crippen LogP contribution in [0.3, 0.4) is 0 Å². The molecule has 0 saturated carbocycles. The number of carbonyl (C=O) groups is 1. The first-order chi connectivity index (χ1) is 5.33. The van der Waals surface area contributed by atoms with Gasteiger partial charge in [0.05, 0.1) is 0 Å². The van der Waals surface area contributed by atoms with Gasteiger partial charge >= 0.3 is 6.03 Å². The summed E-state index contributed by atoms with van der Waals surface area (Å²) in [6.07, 6.45) is 1.01. The molecule has 0 aliphatic carbocycles. The van der Waals surface area contributed by atoms with Crippen LogP contribution in [0.15, 0.2) is 0 Å². The average molecular weight is 172 g/mol. The zero-order chi connectivity index (χ0) is 9.78. The van der Waals surface area contributed by atoms with E-state index >= 15 is 0 Å². The van der Waals surface area contributed by atoms with E-state index in [4.69, 9.17) is 0 Å². The summed E-state index contributed by atoms with van der Waals surface area (Å²) in [4.78, 5) is 12.6. The first kappa shape index (κ1) is 11.3. The van der Waals surface area contributed by atoms with Gasteiger partial charge < -0.3 is 10.2 Å². The largest absolute Gasteiger partial charge is 0.338 e. The lowest BCUT2D eigenvalue weighted by Gasteiger charge is -2.19. The number of carbonyl (C=O) groups excluding carboxylic acids is 1. The second kappa shape index (κ2) is 4.33. The normalized spacial score (nSPS) is 11.1. The fourth-order valence-corrected chi connectivity index (χ4v) is 0.703. The van der Waals surface area contributed by atoms with Gasteiger partial charge in [-0.05, 0) is 11.8 Å². The molecule has 0 heterocycles. The minimum Gasteiger partial charge on any atom is -0.338 e. The molecule has 0 spiro atoms. The van der Waals surface area contributed by atoms with E-state index in [1.165, 1.54) is 0 Å². The molecule has 12 heavy (non-hydrogen) atoms. The molecule has 2 amide bonds. The summed E-state index contributed by atoms with van der Waals surface area (Å²) in [6.45, 7) is 7.24. The highest BCUT2D eigenvalue weighted by Crippen LogP contribution is 2.16. The number of rotatable bonds is 2. The Bertz CT molecular complexity index is 147. The summed E-state index contributed by atoms with van der Waals surface area (Å²) in [5.74, 6) is 0. The van der Waals surface area contributed by atoms with Crippen molar-refractivity contribution in [2.24, 2.45) is 5.41 Å². The molecule has 0 aliphatic rings. The molecule has 3 nitrogen and oxygen atoms in total. The first-order valence-corrected chi connectivity index (χ1v) is 4.28. The van der Waals surface area contributed by atoms with Crippen LogP contribution < -0.4 is 5.32 Å². The standard InChI is InChI=1S/C9H20N2O/c1-9(2,3)6-7-10-8(12)11(4)5/h6-7H2,1-5H3,(H,10,12). The molecule has 0 radical (unpaired) electrons. The third-order valence-corrected chi connectivity index (χ3v) is 1.56.